The summed E-state index contributed by atoms with van der Waals surface area (Å²) in [5.41, 5.74) is 2.20. The Bertz CT molecular complexity index is 769. The molecule has 2 aromatic rings. The molecule has 0 unspecified atom stereocenters. The Labute approximate surface area is 189 Å². The summed E-state index contributed by atoms with van der Waals surface area (Å²) in [6, 6.07) is 20.2. The molecule has 0 saturated heterocycles. The Morgan fingerprint density at radius 2 is 1.39 bits per heavy atom. The molecule has 1 N–H and O–H groups in total. The van der Waals surface area contributed by atoms with Crippen molar-refractivity contribution >= 4 is 8.32 Å². The van der Waals surface area contributed by atoms with Crippen molar-refractivity contribution in [2.45, 2.75) is 64.3 Å². The smallest absolute Gasteiger partial charge is 0.192 e. The van der Waals surface area contributed by atoms with Crippen molar-refractivity contribution in [2.75, 3.05) is 13.2 Å². The lowest BCUT2D eigenvalue weighted by Gasteiger charge is -2.38. The Hall–Kier alpha value is -1.76. The molecule has 5 heteroatoms. The summed E-state index contributed by atoms with van der Waals surface area (Å²) in [5.74, 6) is 0. The van der Waals surface area contributed by atoms with Gasteiger partial charge in [-0.1, -0.05) is 93.6 Å². The molecule has 31 heavy (non-hydrogen) atoms. The number of rotatable bonds is 12. The van der Waals surface area contributed by atoms with Gasteiger partial charge in [0, 0.05) is 0 Å². The molecule has 0 aliphatic heterocycles. The maximum Gasteiger partial charge on any atom is 0.192 e. The Kier molecular flexibility index (Phi) is 10.1. The molecule has 0 bridgehead atoms. The van der Waals surface area contributed by atoms with Gasteiger partial charge in [-0.15, -0.1) is 0 Å². The largest absolute Gasteiger partial charge is 0.414 e. The van der Waals surface area contributed by atoms with Gasteiger partial charge in [-0.05, 0) is 29.3 Å². The van der Waals surface area contributed by atoms with E-state index in [1.54, 1.807) is 6.08 Å². The molecule has 0 spiro atoms. The number of aliphatic hydroxyl groups is 1. The minimum atomic E-state index is -1.95. The van der Waals surface area contributed by atoms with Crippen LogP contribution in [0.25, 0.3) is 0 Å². The van der Waals surface area contributed by atoms with Crippen molar-refractivity contribution in [3.63, 3.8) is 0 Å². The van der Waals surface area contributed by atoms with E-state index >= 15 is 0 Å². The lowest BCUT2D eigenvalue weighted by Crippen LogP contribution is -2.45. The molecule has 0 aliphatic carbocycles. The zero-order valence-corrected chi connectivity index (χ0v) is 20.6. The maximum atomic E-state index is 9.35. The Balaban J connectivity index is 2.16. The van der Waals surface area contributed by atoms with E-state index in [4.69, 9.17) is 13.9 Å². The summed E-state index contributed by atoms with van der Waals surface area (Å²) in [5, 5.41) is 9.46. The highest BCUT2D eigenvalue weighted by atomic mass is 28.4. The quantitative estimate of drug-likeness (QED) is 0.337. The summed E-state index contributed by atoms with van der Waals surface area (Å²) in [4.78, 5) is 0. The maximum absolute atomic E-state index is 9.35. The van der Waals surface area contributed by atoms with E-state index in [1.807, 2.05) is 54.6 Å². The van der Waals surface area contributed by atoms with Gasteiger partial charge < -0.3 is 19.0 Å². The predicted molar refractivity (Wildman–Crippen MR) is 129 cm³/mol. The van der Waals surface area contributed by atoms with Crippen LogP contribution in [0.4, 0.5) is 0 Å². The zero-order chi connectivity index (χ0) is 22.7. The summed E-state index contributed by atoms with van der Waals surface area (Å²) in [6.07, 6.45) is 2.97. The second-order valence-electron chi connectivity index (χ2n) is 9.28. The number of hydrogen-bond acceptors (Lipinski definition) is 4. The summed E-state index contributed by atoms with van der Waals surface area (Å²) in [6.45, 7) is 12.5. The second kappa shape index (κ2) is 12.3. The molecule has 0 amide bonds. The monoisotopic (exact) mass is 442 g/mol. The van der Waals surface area contributed by atoms with Crippen LogP contribution in [0.2, 0.25) is 18.1 Å². The number of benzene rings is 2. The van der Waals surface area contributed by atoms with Crippen LogP contribution in [-0.2, 0) is 27.1 Å². The fourth-order valence-electron chi connectivity index (χ4n) is 2.77. The van der Waals surface area contributed by atoms with Crippen LogP contribution < -0.4 is 0 Å². The van der Waals surface area contributed by atoms with Gasteiger partial charge >= 0.3 is 0 Å². The predicted octanol–water partition coefficient (Wildman–Crippen LogP) is 5.73. The number of ether oxygens (including phenoxy) is 2. The third-order valence-corrected chi connectivity index (χ3v) is 10.3. The van der Waals surface area contributed by atoms with Crippen LogP contribution in [-0.4, -0.2) is 38.8 Å². The van der Waals surface area contributed by atoms with Crippen LogP contribution >= 0.6 is 0 Å². The molecular formula is C26H38O4Si. The topological polar surface area (TPSA) is 47.9 Å². The Morgan fingerprint density at radius 3 is 1.87 bits per heavy atom. The number of aliphatic hydroxyl groups excluding tert-OH is 1. The molecule has 0 aromatic heterocycles. The van der Waals surface area contributed by atoms with E-state index in [2.05, 4.69) is 46.0 Å². The fourth-order valence-corrected chi connectivity index (χ4v) is 3.78. The minimum absolute atomic E-state index is 0.0420. The SMILES string of the molecule is CC(C)(C)[Si](C)(C)OC[C@H](OCc1ccccc1)[C@H](/C=C/CO)OCc1ccccc1. The van der Waals surface area contributed by atoms with E-state index in [-0.39, 0.29) is 23.9 Å². The molecule has 2 aromatic carbocycles. The van der Waals surface area contributed by atoms with Crippen molar-refractivity contribution in [1.29, 1.82) is 0 Å². The zero-order valence-electron chi connectivity index (χ0n) is 19.6. The van der Waals surface area contributed by atoms with Crippen molar-refractivity contribution in [3.05, 3.63) is 83.9 Å². The standard InChI is InChI=1S/C26H38O4Si/c1-26(2,3)31(4,5)30-21-25(29-20-23-15-10-7-11-16-23)24(17-12-18-27)28-19-22-13-8-6-9-14-22/h6-17,24-25,27H,18-21H2,1-5H3/b17-12+/t24-,25-/m0/s1. The third kappa shape index (κ3) is 8.71. The van der Waals surface area contributed by atoms with Crippen LogP contribution in [0, 0.1) is 0 Å². The normalized spacial score (nSPS) is 14.6. The lowest BCUT2D eigenvalue weighted by molar-refractivity contribution is -0.0826. The van der Waals surface area contributed by atoms with E-state index in [9.17, 15) is 5.11 Å². The Morgan fingerprint density at radius 1 is 0.871 bits per heavy atom. The molecular weight excluding hydrogens is 404 g/mol. The molecule has 2 atom stereocenters. The first kappa shape index (κ1) is 25.5. The molecule has 170 valence electrons. The number of hydrogen-bond donors (Lipinski definition) is 1. The molecule has 2 rings (SSSR count). The fraction of sp³-hybridized carbons (Fsp3) is 0.462. The first-order valence-electron chi connectivity index (χ1n) is 11.0. The highest BCUT2D eigenvalue weighted by molar-refractivity contribution is 6.74. The molecule has 0 aliphatic rings. The van der Waals surface area contributed by atoms with Gasteiger partial charge in [0.25, 0.3) is 0 Å². The highest BCUT2D eigenvalue weighted by Crippen LogP contribution is 2.36. The van der Waals surface area contributed by atoms with Crippen molar-refractivity contribution in [2.24, 2.45) is 0 Å². The van der Waals surface area contributed by atoms with Gasteiger partial charge in [0.15, 0.2) is 8.32 Å². The highest BCUT2D eigenvalue weighted by Gasteiger charge is 2.38. The van der Waals surface area contributed by atoms with Gasteiger partial charge in [-0.2, -0.15) is 0 Å². The first-order chi connectivity index (χ1) is 14.7. The lowest BCUT2D eigenvalue weighted by atomic mass is 10.1. The van der Waals surface area contributed by atoms with E-state index in [0.717, 1.165) is 11.1 Å². The third-order valence-electron chi connectivity index (χ3n) is 5.80. The molecule has 4 nitrogen and oxygen atoms in total. The molecule has 0 heterocycles. The average molecular weight is 443 g/mol. The van der Waals surface area contributed by atoms with Crippen molar-refractivity contribution in [1.82, 2.24) is 0 Å². The van der Waals surface area contributed by atoms with Gasteiger partial charge in [-0.3, -0.25) is 0 Å². The summed E-state index contributed by atoms with van der Waals surface area (Å²) in [7, 11) is -1.95. The van der Waals surface area contributed by atoms with Crippen LogP contribution in [0.5, 0.6) is 0 Å². The molecule has 0 saturated carbocycles. The van der Waals surface area contributed by atoms with E-state index < -0.39 is 8.32 Å². The summed E-state index contributed by atoms with van der Waals surface area (Å²) < 4.78 is 19.1. The van der Waals surface area contributed by atoms with Gasteiger partial charge in [0.05, 0.1) is 26.4 Å². The molecule has 0 fully saturated rings. The first-order valence-corrected chi connectivity index (χ1v) is 13.9. The van der Waals surface area contributed by atoms with E-state index in [0.29, 0.717) is 19.8 Å². The van der Waals surface area contributed by atoms with Gasteiger partial charge in [0.1, 0.15) is 12.2 Å². The van der Waals surface area contributed by atoms with E-state index in [1.165, 1.54) is 0 Å². The van der Waals surface area contributed by atoms with Gasteiger partial charge in [-0.25, -0.2) is 0 Å². The second-order valence-corrected chi connectivity index (χ2v) is 14.1. The minimum Gasteiger partial charge on any atom is -0.414 e. The van der Waals surface area contributed by atoms with Crippen LogP contribution in [0.1, 0.15) is 31.9 Å². The van der Waals surface area contributed by atoms with Crippen molar-refractivity contribution in [3.8, 4) is 0 Å². The average Bonchev–Trinajstić information content (AvgIpc) is 2.75. The summed E-state index contributed by atoms with van der Waals surface area (Å²) >= 11 is 0. The van der Waals surface area contributed by atoms with Crippen LogP contribution in [0.3, 0.4) is 0 Å². The molecule has 0 radical (unpaired) electrons. The van der Waals surface area contributed by atoms with Crippen molar-refractivity contribution < 1.29 is 19.0 Å². The van der Waals surface area contributed by atoms with Gasteiger partial charge in [0.2, 0.25) is 0 Å². The van der Waals surface area contributed by atoms with Crippen LogP contribution in [0.15, 0.2) is 72.8 Å².